The molecule has 0 aliphatic carbocycles. The van der Waals surface area contributed by atoms with E-state index in [1.807, 2.05) is 12.3 Å². The number of rotatable bonds is 4. The van der Waals surface area contributed by atoms with E-state index in [4.69, 9.17) is 4.74 Å². The minimum Gasteiger partial charge on any atom is -0.462 e. The Bertz CT molecular complexity index is 372. The number of carbonyl (C=O) groups is 1. The van der Waals surface area contributed by atoms with E-state index in [9.17, 15) is 4.79 Å². The molecule has 0 N–H and O–H groups in total. The highest BCUT2D eigenvalue weighted by Crippen LogP contribution is 2.26. The summed E-state index contributed by atoms with van der Waals surface area (Å²) in [5.41, 5.74) is 1.64. The second-order valence-electron chi connectivity index (χ2n) is 4.42. The Kier molecular flexibility index (Phi) is 4.05. The summed E-state index contributed by atoms with van der Waals surface area (Å²) in [4.78, 5) is 15.7. The fraction of sp³-hybridized carbons (Fsp3) is 0.538. The van der Waals surface area contributed by atoms with E-state index in [0.29, 0.717) is 12.2 Å². The molecule has 0 bridgehead atoms. The summed E-state index contributed by atoms with van der Waals surface area (Å²) in [6, 6.07) is 1.87. The maximum atomic E-state index is 11.5. The van der Waals surface area contributed by atoms with Gasteiger partial charge in [0.05, 0.1) is 12.2 Å². The van der Waals surface area contributed by atoms with E-state index in [1.54, 1.807) is 13.1 Å². The standard InChI is InChI=1S/C13H19NO2/c1-5-13(3,4)11-7-10(8-14-9-11)12(15)16-6-2/h7-9H,5-6H2,1-4H3. The minimum absolute atomic E-state index is 0.0372. The highest BCUT2D eigenvalue weighted by atomic mass is 16.5. The van der Waals surface area contributed by atoms with Crippen molar-refractivity contribution in [2.45, 2.75) is 39.5 Å². The van der Waals surface area contributed by atoms with Crippen LogP contribution in [0.25, 0.3) is 0 Å². The van der Waals surface area contributed by atoms with Crippen molar-refractivity contribution in [3.8, 4) is 0 Å². The predicted molar refractivity (Wildman–Crippen MR) is 63.5 cm³/mol. The molecule has 0 saturated carbocycles. The van der Waals surface area contributed by atoms with E-state index in [2.05, 4.69) is 25.8 Å². The van der Waals surface area contributed by atoms with Gasteiger partial charge in [0.25, 0.3) is 0 Å². The number of hydrogen-bond acceptors (Lipinski definition) is 3. The number of hydrogen-bond donors (Lipinski definition) is 0. The molecule has 1 aromatic rings. The molecule has 0 fully saturated rings. The van der Waals surface area contributed by atoms with Crippen molar-refractivity contribution >= 4 is 5.97 Å². The highest BCUT2D eigenvalue weighted by Gasteiger charge is 2.20. The quantitative estimate of drug-likeness (QED) is 0.734. The Hall–Kier alpha value is -1.38. The zero-order valence-electron chi connectivity index (χ0n) is 10.4. The van der Waals surface area contributed by atoms with Gasteiger partial charge in [-0.3, -0.25) is 4.98 Å². The summed E-state index contributed by atoms with van der Waals surface area (Å²) < 4.78 is 4.95. The fourth-order valence-corrected chi connectivity index (χ4v) is 1.34. The second kappa shape index (κ2) is 5.10. The zero-order chi connectivity index (χ0) is 12.2. The molecule has 16 heavy (non-hydrogen) atoms. The third-order valence-corrected chi connectivity index (χ3v) is 2.91. The van der Waals surface area contributed by atoms with Crippen LogP contribution in [0.4, 0.5) is 0 Å². The van der Waals surface area contributed by atoms with Crippen molar-refractivity contribution < 1.29 is 9.53 Å². The van der Waals surface area contributed by atoms with Gasteiger partial charge in [-0.15, -0.1) is 0 Å². The van der Waals surface area contributed by atoms with Crippen LogP contribution in [-0.2, 0) is 10.2 Å². The normalized spacial score (nSPS) is 11.2. The molecule has 0 aliphatic rings. The van der Waals surface area contributed by atoms with Crippen molar-refractivity contribution in [2.24, 2.45) is 0 Å². The molecule has 0 aliphatic heterocycles. The first kappa shape index (κ1) is 12.7. The molecule has 1 rings (SSSR count). The lowest BCUT2D eigenvalue weighted by atomic mass is 9.83. The molecular weight excluding hydrogens is 202 g/mol. The molecule has 1 aromatic heterocycles. The molecule has 0 aromatic carbocycles. The lowest BCUT2D eigenvalue weighted by Crippen LogP contribution is -2.17. The van der Waals surface area contributed by atoms with Crippen LogP contribution in [-0.4, -0.2) is 17.6 Å². The van der Waals surface area contributed by atoms with Crippen molar-refractivity contribution in [1.29, 1.82) is 0 Å². The minimum atomic E-state index is -0.302. The van der Waals surface area contributed by atoms with Gasteiger partial charge in [-0.1, -0.05) is 20.8 Å². The van der Waals surface area contributed by atoms with Crippen LogP contribution >= 0.6 is 0 Å². The number of nitrogens with zero attached hydrogens (tertiary/aromatic N) is 1. The second-order valence-corrected chi connectivity index (χ2v) is 4.42. The molecule has 0 atom stereocenters. The number of aromatic nitrogens is 1. The van der Waals surface area contributed by atoms with Gasteiger partial charge in [-0.2, -0.15) is 0 Å². The first-order valence-corrected chi connectivity index (χ1v) is 5.64. The van der Waals surface area contributed by atoms with Gasteiger partial charge in [0.2, 0.25) is 0 Å². The SMILES string of the molecule is CCOC(=O)c1cncc(C(C)(C)CC)c1. The summed E-state index contributed by atoms with van der Waals surface area (Å²) in [6.45, 7) is 8.58. The van der Waals surface area contributed by atoms with Crippen LogP contribution in [0.15, 0.2) is 18.5 Å². The summed E-state index contributed by atoms with van der Waals surface area (Å²) in [6.07, 6.45) is 4.36. The van der Waals surface area contributed by atoms with Crippen molar-refractivity contribution in [3.63, 3.8) is 0 Å². The zero-order valence-corrected chi connectivity index (χ0v) is 10.4. The van der Waals surface area contributed by atoms with Crippen molar-refractivity contribution in [3.05, 3.63) is 29.6 Å². The summed E-state index contributed by atoms with van der Waals surface area (Å²) in [5, 5.41) is 0. The molecular formula is C13H19NO2. The van der Waals surface area contributed by atoms with Crippen LogP contribution < -0.4 is 0 Å². The molecule has 0 unspecified atom stereocenters. The average molecular weight is 221 g/mol. The molecule has 1 heterocycles. The summed E-state index contributed by atoms with van der Waals surface area (Å²) in [5.74, 6) is -0.302. The third-order valence-electron chi connectivity index (χ3n) is 2.91. The highest BCUT2D eigenvalue weighted by molar-refractivity contribution is 5.89. The maximum absolute atomic E-state index is 11.5. The summed E-state index contributed by atoms with van der Waals surface area (Å²) >= 11 is 0. The van der Waals surface area contributed by atoms with Gasteiger partial charge in [0.1, 0.15) is 0 Å². The lowest BCUT2D eigenvalue weighted by Gasteiger charge is -2.23. The molecule has 0 spiro atoms. The maximum Gasteiger partial charge on any atom is 0.339 e. The van der Waals surface area contributed by atoms with Gasteiger partial charge in [0.15, 0.2) is 0 Å². The van der Waals surface area contributed by atoms with Gasteiger partial charge < -0.3 is 4.74 Å². The molecule has 3 nitrogen and oxygen atoms in total. The van der Waals surface area contributed by atoms with Crippen LogP contribution in [0.5, 0.6) is 0 Å². The monoisotopic (exact) mass is 221 g/mol. The number of esters is 1. The summed E-state index contributed by atoms with van der Waals surface area (Å²) in [7, 11) is 0. The fourth-order valence-electron chi connectivity index (χ4n) is 1.34. The average Bonchev–Trinajstić information content (AvgIpc) is 2.29. The van der Waals surface area contributed by atoms with Crippen LogP contribution in [0.3, 0.4) is 0 Å². The van der Waals surface area contributed by atoms with Gasteiger partial charge in [-0.05, 0) is 30.4 Å². The largest absolute Gasteiger partial charge is 0.462 e. The third kappa shape index (κ3) is 2.81. The van der Waals surface area contributed by atoms with Crippen molar-refractivity contribution in [2.75, 3.05) is 6.61 Å². The molecule has 0 amide bonds. The van der Waals surface area contributed by atoms with E-state index in [1.165, 1.54) is 0 Å². The van der Waals surface area contributed by atoms with E-state index < -0.39 is 0 Å². The van der Waals surface area contributed by atoms with E-state index in [-0.39, 0.29) is 11.4 Å². The van der Waals surface area contributed by atoms with Crippen LogP contribution in [0, 0.1) is 0 Å². The molecule has 0 saturated heterocycles. The van der Waals surface area contributed by atoms with E-state index >= 15 is 0 Å². The Morgan fingerprint density at radius 2 is 2.06 bits per heavy atom. The first-order chi connectivity index (χ1) is 7.51. The Balaban J connectivity index is 3.00. The number of ether oxygens (including phenoxy) is 1. The molecule has 88 valence electrons. The van der Waals surface area contributed by atoms with E-state index in [0.717, 1.165) is 12.0 Å². The lowest BCUT2D eigenvalue weighted by molar-refractivity contribution is 0.0525. The smallest absolute Gasteiger partial charge is 0.339 e. The first-order valence-electron chi connectivity index (χ1n) is 5.64. The van der Waals surface area contributed by atoms with Gasteiger partial charge in [0, 0.05) is 12.4 Å². The Morgan fingerprint density at radius 1 is 1.38 bits per heavy atom. The van der Waals surface area contributed by atoms with Crippen LogP contribution in [0.1, 0.15) is 50.0 Å². The Labute approximate surface area is 96.8 Å². The van der Waals surface area contributed by atoms with Crippen LogP contribution in [0.2, 0.25) is 0 Å². The molecule has 3 heteroatoms. The number of carbonyl (C=O) groups excluding carboxylic acids is 1. The molecule has 0 radical (unpaired) electrons. The topological polar surface area (TPSA) is 39.2 Å². The Morgan fingerprint density at radius 3 is 2.62 bits per heavy atom. The van der Waals surface area contributed by atoms with Gasteiger partial charge in [-0.25, -0.2) is 4.79 Å². The predicted octanol–water partition coefficient (Wildman–Crippen LogP) is 2.95. The number of pyridine rings is 1. The van der Waals surface area contributed by atoms with Crippen molar-refractivity contribution in [1.82, 2.24) is 4.98 Å². The van der Waals surface area contributed by atoms with Gasteiger partial charge >= 0.3 is 5.97 Å².